The lowest BCUT2D eigenvalue weighted by atomic mass is 10.3. The molecule has 1 aromatic carbocycles. The molecule has 2 aromatic rings. The fourth-order valence-corrected chi connectivity index (χ4v) is 1.46. The molecule has 8 heteroatoms. The predicted molar refractivity (Wildman–Crippen MR) is 73.3 cm³/mol. The van der Waals surface area contributed by atoms with Gasteiger partial charge >= 0.3 is 0 Å². The van der Waals surface area contributed by atoms with E-state index in [2.05, 4.69) is 25.6 Å². The summed E-state index contributed by atoms with van der Waals surface area (Å²) in [5.74, 6) is -0.728. The number of para-hydroxylation sites is 1. The first kappa shape index (κ1) is 13.9. The van der Waals surface area contributed by atoms with Crippen LogP contribution >= 0.6 is 0 Å². The van der Waals surface area contributed by atoms with Crippen LogP contribution in [0.3, 0.4) is 0 Å². The van der Waals surface area contributed by atoms with Crippen LogP contribution in [0, 0.1) is 11.6 Å². The van der Waals surface area contributed by atoms with E-state index in [1.165, 1.54) is 6.07 Å². The third-order valence-corrected chi connectivity index (χ3v) is 2.45. The van der Waals surface area contributed by atoms with Gasteiger partial charge in [0.15, 0.2) is 0 Å². The molecule has 6 nitrogen and oxygen atoms in total. The molecule has 2 N–H and O–H groups in total. The van der Waals surface area contributed by atoms with E-state index in [1.54, 1.807) is 26.0 Å². The summed E-state index contributed by atoms with van der Waals surface area (Å²) in [6.07, 6.45) is 0. The van der Waals surface area contributed by atoms with Gasteiger partial charge in [-0.3, -0.25) is 0 Å². The molecule has 0 fully saturated rings. The monoisotopic (exact) mass is 280 g/mol. The Morgan fingerprint density at radius 2 is 1.60 bits per heavy atom. The van der Waals surface area contributed by atoms with Crippen LogP contribution < -0.4 is 15.5 Å². The van der Waals surface area contributed by atoms with E-state index in [0.29, 0.717) is 11.9 Å². The molecular formula is C12H14F2N6. The molecule has 1 aromatic heterocycles. The standard InChI is InChI=1S/C12H14F2N6/c1-15-10-17-11(19-12(18-10)20(2)3)16-9-7(13)5-4-6-8(9)14/h4-6H,1-3H3,(H2,15,16,17,18,19). The maximum absolute atomic E-state index is 13.6. The summed E-state index contributed by atoms with van der Waals surface area (Å²) in [4.78, 5) is 13.8. The number of aromatic nitrogens is 3. The molecule has 0 aliphatic rings. The number of halogens is 2. The highest BCUT2D eigenvalue weighted by Crippen LogP contribution is 2.22. The highest BCUT2D eigenvalue weighted by molar-refractivity contribution is 5.57. The molecule has 0 amide bonds. The van der Waals surface area contributed by atoms with E-state index in [-0.39, 0.29) is 11.6 Å². The van der Waals surface area contributed by atoms with Gasteiger partial charge in [-0.15, -0.1) is 0 Å². The summed E-state index contributed by atoms with van der Waals surface area (Å²) in [6.45, 7) is 0. The Morgan fingerprint density at radius 1 is 1.00 bits per heavy atom. The van der Waals surface area contributed by atoms with Crippen molar-refractivity contribution < 1.29 is 8.78 Å². The second kappa shape index (κ2) is 5.64. The molecule has 0 spiro atoms. The molecule has 0 unspecified atom stereocenters. The minimum atomic E-state index is -0.720. The number of nitrogens with zero attached hydrogens (tertiary/aromatic N) is 4. The van der Waals surface area contributed by atoms with E-state index in [4.69, 9.17) is 0 Å². The highest BCUT2D eigenvalue weighted by atomic mass is 19.1. The molecule has 0 atom stereocenters. The Hall–Kier alpha value is -2.51. The molecular weight excluding hydrogens is 266 g/mol. The van der Waals surface area contributed by atoms with Gasteiger partial charge in [0.05, 0.1) is 0 Å². The normalized spacial score (nSPS) is 10.2. The van der Waals surface area contributed by atoms with Gasteiger partial charge in [-0.1, -0.05) is 6.07 Å². The summed E-state index contributed by atoms with van der Waals surface area (Å²) in [5.41, 5.74) is -0.301. The van der Waals surface area contributed by atoms with E-state index < -0.39 is 11.6 Å². The van der Waals surface area contributed by atoms with Crippen molar-refractivity contribution in [2.45, 2.75) is 0 Å². The van der Waals surface area contributed by atoms with Crippen LogP contribution in [0.1, 0.15) is 0 Å². The number of hydrogen-bond donors (Lipinski definition) is 2. The maximum atomic E-state index is 13.6. The van der Waals surface area contributed by atoms with Gasteiger partial charge in [0, 0.05) is 21.1 Å². The van der Waals surface area contributed by atoms with Crippen LogP contribution in [0.5, 0.6) is 0 Å². The van der Waals surface area contributed by atoms with Crippen molar-refractivity contribution in [1.82, 2.24) is 15.0 Å². The molecule has 0 saturated carbocycles. The van der Waals surface area contributed by atoms with Crippen LogP contribution in [0.4, 0.5) is 32.3 Å². The second-order valence-electron chi connectivity index (χ2n) is 4.15. The lowest BCUT2D eigenvalue weighted by Gasteiger charge is -2.13. The third-order valence-electron chi connectivity index (χ3n) is 2.45. The van der Waals surface area contributed by atoms with Crippen molar-refractivity contribution in [1.29, 1.82) is 0 Å². The van der Waals surface area contributed by atoms with Crippen molar-refractivity contribution in [2.75, 3.05) is 36.7 Å². The average Bonchev–Trinajstić information content (AvgIpc) is 2.42. The summed E-state index contributed by atoms with van der Waals surface area (Å²) >= 11 is 0. The van der Waals surface area contributed by atoms with Crippen molar-refractivity contribution >= 4 is 23.5 Å². The van der Waals surface area contributed by atoms with Gasteiger partial charge in [0.2, 0.25) is 17.8 Å². The van der Waals surface area contributed by atoms with E-state index >= 15 is 0 Å². The molecule has 20 heavy (non-hydrogen) atoms. The zero-order valence-electron chi connectivity index (χ0n) is 11.3. The average molecular weight is 280 g/mol. The highest BCUT2D eigenvalue weighted by Gasteiger charge is 2.12. The fourth-order valence-electron chi connectivity index (χ4n) is 1.46. The van der Waals surface area contributed by atoms with Crippen LogP contribution in [-0.4, -0.2) is 36.1 Å². The summed E-state index contributed by atoms with van der Waals surface area (Å²) in [5, 5.41) is 5.29. The number of anilines is 4. The van der Waals surface area contributed by atoms with Crippen LogP contribution in [-0.2, 0) is 0 Å². The Kier molecular flexibility index (Phi) is 3.92. The van der Waals surface area contributed by atoms with Crippen molar-refractivity contribution in [3.63, 3.8) is 0 Å². The number of nitrogens with one attached hydrogen (secondary N) is 2. The van der Waals surface area contributed by atoms with Gasteiger partial charge in [-0.2, -0.15) is 15.0 Å². The van der Waals surface area contributed by atoms with Gasteiger partial charge < -0.3 is 15.5 Å². The number of benzene rings is 1. The smallest absolute Gasteiger partial charge is 0.233 e. The molecule has 1 heterocycles. The van der Waals surface area contributed by atoms with Gasteiger partial charge in [-0.25, -0.2) is 8.78 Å². The molecule has 0 radical (unpaired) electrons. The molecule has 0 bridgehead atoms. The number of hydrogen-bond acceptors (Lipinski definition) is 6. The lowest BCUT2D eigenvalue weighted by Crippen LogP contribution is -2.16. The molecule has 2 rings (SSSR count). The van der Waals surface area contributed by atoms with Crippen molar-refractivity contribution in [3.05, 3.63) is 29.8 Å². The summed E-state index contributed by atoms with van der Waals surface area (Å²) < 4.78 is 27.2. The van der Waals surface area contributed by atoms with Crippen LogP contribution in [0.2, 0.25) is 0 Å². The van der Waals surface area contributed by atoms with Gasteiger partial charge in [0.25, 0.3) is 0 Å². The quantitative estimate of drug-likeness (QED) is 0.893. The molecule has 0 aliphatic carbocycles. The topological polar surface area (TPSA) is 66.0 Å². The Labute approximate surface area is 114 Å². The Morgan fingerprint density at radius 3 is 2.15 bits per heavy atom. The first-order chi connectivity index (χ1) is 9.51. The third kappa shape index (κ3) is 2.90. The summed E-state index contributed by atoms with van der Waals surface area (Å²) in [6, 6.07) is 3.59. The molecule has 0 saturated heterocycles. The van der Waals surface area contributed by atoms with Crippen molar-refractivity contribution in [3.8, 4) is 0 Å². The van der Waals surface area contributed by atoms with Crippen molar-refractivity contribution in [2.24, 2.45) is 0 Å². The van der Waals surface area contributed by atoms with E-state index in [1.807, 2.05) is 0 Å². The van der Waals surface area contributed by atoms with Crippen LogP contribution in [0.15, 0.2) is 18.2 Å². The van der Waals surface area contributed by atoms with Gasteiger partial charge in [-0.05, 0) is 12.1 Å². The first-order valence-electron chi connectivity index (χ1n) is 5.83. The lowest BCUT2D eigenvalue weighted by molar-refractivity contribution is 0.590. The Balaban J connectivity index is 2.40. The zero-order chi connectivity index (χ0) is 14.7. The largest absolute Gasteiger partial charge is 0.357 e. The summed E-state index contributed by atoms with van der Waals surface area (Å²) in [7, 11) is 5.15. The Bertz CT molecular complexity index is 597. The zero-order valence-corrected chi connectivity index (χ0v) is 11.3. The SMILES string of the molecule is CNc1nc(Nc2c(F)cccc2F)nc(N(C)C)n1. The molecule has 0 aliphatic heterocycles. The van der Waals surface area contributed by atoms with Gasteiger partial charge in [0.1, 0.15) is 17.3 Å². The number of rotatable bonds is 4. The van der Waals surface area contributed by atoms with Crippen LogP contribution in [0.25, 0.3) is 0 Å². The first-order valence-corrected chi connectivity index (χ1v) is 5.83. The maximum Gasteiger partial charge on any atom is 0.233 e. The second-order valence-corrected chi connectivity index (χ2v) is 4.15. The fraction of sp³-hybridized carbons (Fsp3) is 0.250. The van der Waals surface area contributed by atoms with E-state index in [9.17, 15) is 8.78 Å². The van der Waals surface area contributed by atoms with E-state index in [0.717, 1.165) is 12.1 Å². The predicted octanol–water partition coefficient (Wildman–Crippen LogP) is 2.00. The minimum Gasteiger partial charge on any atom is -0.357 e. The minimum absolute atomic E-state index is 0.0528. The molecule has 106 valence electrons.